The van der Waals surface area contributed by atoms with Gasteiger partial charge in [0.25, 0.3) is 11.7 Å². The molecule has 1 aliphatic rings. The number of rotatable bonds is 5. The number of nitrogens with zero attached hydrogens (tertiary/aromatic N) is 1. The molecule has 0 bridgehead atoms. The van der Waals surface area contributed by atoms with Crippen LogP contribution in [0.3, 0.4) is 0 Å². The summed E-state index contributed by atoms with van der Waals surface area (Å²) in [5.74, 6) is -3.58. The van der Waals surface area contributed by atoms with Gasteiger partial charge in [-0.25, -0.2) is 9.18 Å². The highest BCUT2D eigenvalue weighted by atomic mass is 19.1. The van der Waals surface area contributed by atoms with E-state index in [4.69, 9.17) is 5.11 Å². The van der Waals surface area contributed by atoms with E-state index in [1.165, 1.54) is 29.2 Å². The van der Waals surface area contributed by atoms with E-state index in [9.17, 15) is 23.9 Å². The molecule has 1 fully saturated rings. The number of Topliss-reactive ketones (excluding diaryl/α,β-unsaturated/α-hetero) is 1. The summed E-state index contributed by atoms with van der Waals surface area (Å²) in [5.41, 5.74) is 1.48. The Morgan fingerprint density at radius 1 is 0.844 bits per heavy atom. The molecule has 1 saturated heterocycles. The summed E-state index contributed by atoms with van der Waals surface area (Å²) in [6.45, 7) is 0.0320. The number of hydrogen-bond donors (Lipinski definition) is 2. The summed E-state index contributed by atoms with van der Waals surface area (Å²) in [6, 6.07) is 18.9. The maximum atomic E-state index is 13.3. The van der Waals surface area contributed by atoms with Gasteiger partial charge in [-0.15, -0.1) is 0 Å². The summed E-state index contributed by atoms with van der Waals surface area (Å²) < 4.78 is 13.3. The first-order valence-electron chi connectivity index (χ1n) is 9.78. The fourth-order valence-corrected chi connectivity index (χ4v) is 3.74. The highest BCUT2D eigenvalue weighted by molar-refractivity contribution is 6.46. The van der Waals surface area contributed by atoms with Crippen molar-refractivity contribution < 1.29 is 29.0 Å². The Kier molecular flexibility index (Phi) is 5.55. The second-order valence-corrected chi connectivity index (χ2v) is 7.35. The van der Waals surface area contributed by atoms with E-state index < -0.39 is 29.5 Å². The normalized spacial score (nSPS) is 17.5. The van der Waals surface area contributed by atoms with Gasteiger partial charge < -0.3 is 15.1 Å². The summed E-state index contributed by atoms with van der Waals surface area (Å²) in [6.07, 6.45) is 0. The van der Waals surface area contributed by atoms with Gasteiger partial charge in [0.2, 0.25) is 0 Å². The van der Waals surface area contributed by atoms with Crippen molar-refractivity contribution in [3.05, 3.63) is 113 Å². The standard InChI is InChI=1S/C25H18FNO5/c26-19-12-10-17(11-13-19)22(28)20-21(16-4-2-1-3-5-16)27(24(30)23(20)29)14-15-6-8-18(9-7-15)25(31)32/h1-13,21,28H,14H2,(H,31,32)/b22-20+. The molecule has 160 valence electrons. The van der Waals surface area contributed by atoms with E-state index in [0.717, 1.165) is 12.1 Å². The van der Waals surface area contributed by atoms with Crippen LogP contribution >= 0.6 is 0 Å². The van der Waals surface area contributed by atoms with Crippen LogP contribution in [-0.2, 0) is 16.1 Å². The van der Waals surface area contributed by atoms with Crippen molar-refractivity contribution in [2.75, 3.05) is 0 Å². The lowest BCUT2D eigenvalue weighted by atomic mass is 9.95. The zero-order chi connectivity index (χ0) is 22.8. The highest BCUT2D eigenvalue weighted by Gasteiger charge is 2.46. The third kappa shape index (κ3) is 3.88. The largest absolute Gasteiger partial charge is 0.507 e. The molecule has 1 heterocycles. The fourth-order valence-electron chi connectivity index (χ4n) is 3.74. The van der Waals surface area contributed by atoms with Crippen LogP contribution in [0.15, 0.2) is 84.4 Å². The minimum atomic E-state index is -1.07. The predicted octanol–water partition coefficient (Wildman–Crippen LogP) is 4.15. The molecule has 0 radical (unpaired) electrons. The van der Waals surface area contributed by atoms with Crippen LogP contribution in [0.1, 0.15) is 33.1 Å². The molecule has 7 heteroatoms. The number of hydrogen-bond acceptors (Lipinski definition) is 4. The number of benzene rings is 3. The molecule has 1 amide bonds. The van der Waals surface area contributed by atoms with Crippen LogP contribution < -0.4 is 0 Å². The summed E-state index contributed by atoms with van der Waals surface area (Å²) >= 11 is 0. The van der Waals surface area contributed by atoms with Gasteiger partial charge in [0.15, 0.2) is 0 Å². The predicted molar refractivity (Wildman–Crippen MR) is 114 cm³/mol. The molecule has 0 saturated carbocycles. The van der Waals surface area contributed by atoms with Gasteiger partial charge in [-0.05, 0) is 47.5 Å². The van der Waals surface area contributed by atoms with E-state index in [-0.39, 0.29) is 29.0 Å². The molecule has 6 nitrogen and oxygen atoms in total. The molecule has 1 atom stereocenters. The van der Waals surface area contributed by atoms with E-state index >= 15 is 0 Å². The van der Waals surface area contributed by atoms with Crippen molar-refractivity contribution >= 4 is 23.4 Å². The summed E-state index contributed by atoms with van der Waals surface area (Å²) in [5, 5.41) is 20.0. The van der Waals surface area contributed by atoms with Gasteiger partial charge >= 0.3 is 5.97 Å². The Labute approximate surface area is 182 Å². The summed E-state index contributed by atoms with van der Waals surface area (Å²) in [7, 11) is 0. The molecule has 0 spiro atoms. The number of carbonyl (C=O) groups excluding carboxylic acids is 2. The third-order valence-corrected chi connectivity index (χ3v) is 5.33. The van der Waals surface area contributed by atoms with Gasteiger partial charge in [0.05, 0.1) is 17.2 Å². The number of aliphatic hydroxyl groups is 1. The SMILES string of the molecule is O=C1C(=O)N(Cc2ccc(C(=O)O)cc2)C(c2ccccc2)/C1=C(\O)c1ccc(F)cc1. The molecular weight excluding hydrogens is 413 g/mol. The van der Waals surface area contributed by atoms with Crippen LogP contribution in [0.5, 0.6) is 0 Å². The molecular formula is C25H18FNO5. The zero-order valence-corrected chi connectivity index (χ0v) is 16.7. The van der Waals surface area contributed by atoms with Gasteiger partial charge in [-0.3, -0.25) is 9.59 Å². The Balaban J connectivity index is 1.80. The second-order valence-electron chi connectivity index (χ2n) is 7.35. The molecule has 0 aromatic heterocycles. The first kappa shape index (κ1) is 21.0. The molecule has 1 aliphatic heterocycles. The van der Waals surface area contributed by atoms with E-state index in [2.05, 4.69) is 0 Å². The van der Waals surface area contributed by atoms with Crippen molar-refractivity contribution in [2.45, 2.75) is 12.6 Å². The zero-order valence-electron chi connectivity index (χ0n) is 16.7. The smallest absolute Gasteiger partial charge is 0.335 e. The number of aromatic carboxylic acids is 1. The molecule has 4 rings (SSSR count). The molecule has 3 aromatic rings. The van der Waals surface area contributed by atoms with Crippen LogP contribution in [0.2, 0.25) is 0 Å². The molecule has 2 N–H and O–H groups in total. The average molecular weight is 431 g/mol. The molecule has 1 unspecified atom stereocenters. The average Bonchev–Trinajstić information content (AvgIpc) is 3.05. The van der Waals surface area contributed by atoms with Crippen molar-refractivity contribution in [3.63, 3.8) is 0 Å². The summed E-state index contributed by atoms with van der Waals surface area (Å²) in [4.78, 5) is 38.3. The number of carboxylic acids is 1. The number of ketones is 1. The lowest BCUT2D eigenvalue weighted by Crippen LogP contribution is -2.29. The maximum Gasteiger partial charge on any atom is 0.335 e. The van der Waals surface area contributed by atoms with Crippen LogP contribution in [0.25, 0.3) is 5.76 Å². The van der Waals surface area contributed by atoms with Gasteiger partial charge in [-0.1, -0.05) is 42.5 Å². The lowest BCUT2D eigenvalue weighted by Gasteiger charge is -2.25. The van der Waals surface area contributed by atoms with Crippen molar-refractivity contribution in [1.29, 1.82) is 0 Å². The maximum absolute atomic E-state index is 13.3. The fraction of sp³-hybridized carbons (Fsp3) is 0.0800. The van der Waals surface area contributed by atoms with E-state index in [0.29, 0.717) is 11.1 Å². The Morgan fingerprint density at radius 2 is 1.44 bits per heavy atom. The van der Waals surface area contributed by atoms with Crippen LogP contribution in [0, 0.1) is 5.82 Å². The monoisotopic (exact) mass is 431 g/mol. The third-order valence-electron chi connectivity index (χ3n) is 5.33. The first-order chi connectivity index (χ1) is 15.4. The molecule has 32 heavy (non-hydrogen) atoms. The van der Waals surface area contributed by atoms with E-state index in [1.807, 2.05) is 0 Å². The highest BCUT2D eigenvalue weighted by Crippen LogP contribution is 2.40. The van der Waals surface area contributed by atoms with Crippen molar-refractivity contribution in [3.8, 4) is 0 Å². The van der Waals surface area contributed by atoms with Gasteiger partial charge in [-0.2, -0.15) is 0 Å². The second kappa shape index (κ2) is 8.47. The number of amides is 1. The molecule has 0 aliphatic carbocycles. The minimum Gasteiger partial charge on any atom is -0.507 e. The number of halogens is 1. The molecule has 3 aromatic carbocycles. The van der Waals surface area contributed by atoms with Gasteiger partial charge in [0.1, 0.15) is 11.6 Å². The topological polar surface area (TPSA) is 94.9 Å². The van der Waals surface area contributed by atoms with Crippen LogP contribution in [-0.4, -0.2) is 32.8 Å². The lowest BCUT2D eigenvalue weighted by molar-refractivity contribution is -0.140. The Hall–Kier alpha value is -4.26. The van der Waals surface area contributed by atoms with Crippen molar-refractivity contribution in [1.82, 2.24) is 4.90 Å². The number of carboxylic acid groups (broad SMARTS) is 1. The van der Waals surface area contributed by atoms with Crippen molar-refractivity contribution in [2.24, 2.45) is 0 Å². The quantitative estimate of drug-likeness (QED) is 0.360. The van der Waals surface area contributed by atoms with Gasteiger partial charge in [0, 0.05) is 12.1 Å². The Morgan fingerprint density at radius 3 is 2.03 bits per heavy atom. The number of aliphatic hydroxyl groups excluding tert-OH is 1. The Bertz CT molecular complexity index is 1220. The minimum absolute atomic E-state index is 0.0320. The van der Waals surface area contributed by atoms with E-state index in [1.54, 1.807) is 42.5 Å². The number of carbonyl (C=O) groups is 3. The number of likely N-dealkylation sites (tertiary alicyclic amines) is 1. The van der Waals surface area contributed by atoms with Crippen LogP contribution in [0.4, 0.5) is 4.39 Å². The first-order valence-corrected chi connectivity index (χ1v) is 9.78.